The number of hydrogen-bond acceptors (Lipinski definition) is 3. The molecule has 1 spiro atoms. The average molecular weight is 298 g/mol. The number of anilines is 1. The van der Waals surface area contributed by atoms with Crippen molar-refractivity contribution in [3.05, 3.63) is 30.3 Å². The van der Waals surface area contributed by atoms with Crippen LogP contribution in [0.5, 0.6) is 0 Å². The summed E-state index contributed by atoms with van der Waals surface area (Å²) in [5, 5.41) is 0. The van der Waals surface area contributed by atoms with Crippen LogP contribution in [0.3, 0.4) is 0 Å². The molecule has 0 aromatic heterocycles. The number of carbonyl (C=O) groups is 3. The zero-order valence-corrected chi connectivity index (χ0v) is 12.2. The number of fused-ring (bicyclic) bond motifs is 2. The maximum absolute atomic E-state index is 13.0. The minimum absolute atomic E-state index is 0.141. The molecule has 1 aliphatic heterocycles. The van der Waals surface area contributed by atoms with Gasteiger partial charge in [-0.3, -0.25) is 14.4 Å². The molecule has 1 saturated heterocycles. The molecule has 3 saturated carbocycles. The molecule has 3 aliphatic carbocycles. The van der Waals surface area contributed by atoms with Crippen LogP contribution in [-0.2, 0) is 14.4 Å². The van der Waals surface area contributed by atoms with Crippen molar-refractivity contribution in [2.24, 2.45) is 28.9 Å². The van der Waals surface area contributed by atoms with Gasteiger partial charge in [0.1, 0.15) is 0 Å². The fourth-order valence-electron chi connectivity index (χ4n) is 4.86. The minimum atomic E-state index is -0.707. The Labute approximate surface area is 128 Å². The number of hydrogen-bond donors (Lipinski definition) is 1. The van der Waals surface area contributed by atoms with Gasteiger partial charge >= 0.3 is 0 Å². The molecule has 5 heteroatoms. The van der Waals surface area contributed by atoms with E-state index in [1.165, 1.54) is 4.90 Å². The molecule has 5 rings (SSSR count). The first-order valence-electron chi connectivity index (χ1n) is 7.79. The highest BCUT2D eigenvalue weighted by Gasteiger charge is 2.68. The Hall–Kier alpha value is -2.17. The van der Waals surface area contributed by atoms with Crippen LogP contribution < -0.4 is 10.6 Å². The van der Waals surface area contributed by atoms with Gasteiger partial charge in [-0.05, 0) is 43.7 Å². The number of para-hydroxylation sites is 1. The molecule has 4 aliphatic rings. The van der Waals surface area contributed by atoms with Crippen molar-refractivity contribution >= 4 is 23.4 Å². The van der Waals surface area contributed by atoms with Crippen LogP contribution in [0.4, 0.5) is 5.69 Å². The first-order valence-corrected chi connectivity index (χ1v) is 7.79. The van der Waals surface area contributed by atoms with Crippen molar-refractivity contribution in [2.75, 3.05) is 4.90 Å². The van der Waals surface area contributed by atoms with Crippen molar-refractivity contribution in [2.45, 2.75) is 25.7 Å². The standard InChI is InChI=1S/C17H18N2O3/c18-14(20)12-10-6-8-17(9-7-10)13(12)15(21)19(16(17)22)11-4-2-1-3-5-11/h1-5,10,12-13H,6-9H2,(H2,18,20)/t10?,12-,13+,17?/m0/s1. The van der Waals surface area contributed by atoms with Crippen LogP contribution in [0.15, 0.2) is 30.3 Å². The SMILES string of the molecule is NC(=O)[C@H]1C2CCC3(CC2)C(=O)N(c2ccccc2)C(=O)[C@@H]13. The second kappa shape index (κ2) is 4.41. The van der Waals surface area contributed by atoms with Gasteiger partial charge in [0.25, 0.3) is 0 Å². The first kappa shape index (κ1) is 13.5. The van der Waals surface area contributed by atoms with Crippen LogP contribution in [0, 0.1) is 23.2 Å². The third-order valence-corrected chi connectivity index (χ3v) is 5.84. The van der Waals surface area contributed by atoms with Gasteiger partial charge in [0.2, 0.25) is 17.7 Å². The van der Waals surface area contributed by atoms with Crippen molar-refractivity contribution in [3.8, 4) is 0 Å². The molecule has 4 fully saturated rings. The summed E-state index contributed by atoms with van der Waals surface area (Å²) in [5.41, 5.74) is 5.46. The maximum Gasteiger partial charge on any atom is 0.240 e. The largest absolute Gasteiger partial charge is 0.369 e. The van der Waals surface area contributed by atoms with Crippen LogP contribution in [0.1, 0.15) is 25.7 Å². The van der Waals surface area contributed by atoms with E-state index in [4.69, 9.17) is 5.73 Å². The number of carbonyl (C=O) groups excluding carboxylic acids is 3. The number of benzene rings is 1. The summed E-state index contributed by atoms with van der Waals surface area (Å²) in [7, 11) is 0. The Morgan fingerprint density at radius 2 is 1.77 bits per heavy atom. The third kappa shape index (κ3) is 1.51. The number of amides is 3. The number of imide groups is 1. The number of nitrogens with two attached hydrogens (primary N) is 1. The lowest BCUT2D eigenvalue weighted by molar-refractivity contribution is -0.150. The van der Waals surface area contributed by atoms with Crippen LogP contribution in [0.25, 0.3) is 0 Å². The van der Waals surface area contributed by atoms with Crippen LogP contribution >= 0.6 is 0 Å². The summed E-state index contributed by atoms with van der Waals surface area (Å²) in [6, 6.07) is 8.97. The second-order valence-corrected chi connectivity index (χ2v) is 6.71. The molecule has 3 amide bonds. The van der Waals surface area contributed by atoms with E-state index in [2.05, 4.69) is 0 Å². The molecule has 2 atom stereocenters. The zero-order valence-electron chi connectivity index (χ0n) is 12.2. The van der Waals surface area contributed by atoms with Gasteiger partial charge in [-0.15, -0.1) is 0 Å². The Morgan fingerprint density at radius 1 is 1.14 bits per heavy atom. The van der Waals surface area contributed by atoms with Crippen LogP contribution in [-0.4, -0.2) is 17.7 Å². The maximum atomic E-state index is 13.0. The van der Waals surface area contributed by atoms with E-state index in [-0.39, 0.29) is 17.7 Å². The summed E-state index contributed by atoms with van der Waals surface area (Å²) < 4.78 is 0. The number of rotatable bonds is 2. The molecule has 1 aromatic carbocycles. The highest BCUT2D eigenvalue weighted by atomic mass is 16.2. The highest BCUT2D eigenvalue weighted by Crippen LogP contribution is 2.61. The predicted molar refractivity (Wildman–Crippen MR) is 79.5 cm³/mol. The molecule has 2 bridgehead atoms. The summed E-state index contributed by atoms with van der Waals surface area (Å²) in [4.78, 5) is 39.2. The van der Waals surface area contributed by atoms with Crippen molar-refractivity contribution in [1.29, 1.82) is 0 Å². The van der Waals surface area contributed by atoms with E-state index in [9.17, 15) is 14.4 Å². The monoisotopic (exact) mass is 298 g/mol. The van der Waals surface area contributed by atoms with Crippen molar-refractivity contribution < 1.29 is 14.4 Å². The third-order valence-electron chi connectivity index (χ3n) is 5.84. The quantitative estimate of drug-likeness (QED) is 0.839. The lowest BCUT2D eigenvalue weighted by atomic mass is 9.51. The van der Waals surface area contributed by atoms with E-state index in [0.29, 0.717) is 18.5 Å². The number of nitrogens with zero attached hydrogens (tertiary/aromatic N) is 1. The van der Waals surface area contributed by atoms with Gasteiger partial charge in [0, 0.05) is 0 Å². The second-order valence-electron chi connectivity index (χ2n) is 6.71. The first-order chi connectivity index (χ1) is 10.6. The van der Waals surface area contributed by atoms with Gasteiger partial charge < -0.3 is 5.73 Å². The molecular weight excluding hydrogens is 280 g/mol. The highest BCUT2D eigenvalue weighted by molar-refractivity contribution is 6.24. The molecule has 114 valence electrons. The zero-order chi connectivity index (χ0) is 15.5. The van der Waals surface area contributed by atoms with Gasteiger partial charge in [0.15, 0.2) is 0 Å². The Bertz CT molecular complexity index is 662. The van der Waals surface area contributed by atoms with Crippen LogP contribution in [0.2, 0.25) is 0 Å². The fourth-order valence-corrected chi connectivity index (χ4v) is 4.86. The molecular formula is C17H18N2O3. The molecule has 2 N–H and O–H groups in total. The van der Waals surface area contributed by atoms with E-state index in [1.807, 2.05) is 6.07 Å². The fraction of sp³-hybridized carbons (Fsp3) is 0.471. The van der Waals surface area contributed by atoms with Gasteiger partial charge in [-0.2, -0.15) is 0 Å². The van der Waals surface area contributed by atoms with Gasteiger partial charge in [0.05, 0.1) is 22.9 Å². The van der Waals surface area contributed by atoms with E-state index < -0.39 is 23.2 Å². The lowest BCUT2D eigenvalue weighted by Gasteiger charge is -2.49. The summed E-state index contributed by atoms with van der Waals surface area (Å²) in [5.74, 6) is -1.73. The smallest absolute Gasteiger partial charge is 0.240 e. The Kier molecular flexibility index (Phi) is 2.71. The molecule has 1 aromatic rings. The molecule has 5 nitrogen and oxygen atoms in total. The van der Waals surface area contributed by atoms with Crippen molar-refractivity contribution in [3.63, 3.8) is 0 Å². The Balaban J connectivity index is 1.83. The molecule has 1 heterocycles. The topological polar surface area (TPSA) is 80.5 Å². The summed E-state index contributed by atoms with van der Waals surface area (Å²) in [6.45, 7) is 0. The van der Waals surface area contributed by atoms with E-state index >= 15 is 0 Å². The summed E-state index contributed by atoms with van der Waals surface area (Å²) in [6.07, 6.45) is 3.01. The molecule has 0 radical (unpaired) electrons. The Morgan fingerprint density at radius 3 is 2.36 bits per heavy atom. The lowest BCUT2D eigenvalue weighted by Crippen LogP contribution is -2.54. The molecule has 22 heavy (non-hydrogen) atoms. The number of primary amides is 1. The molecule has 0 unspecified atom stereocenters. The normalized spacial score (nSPS) is 36.5. The van der Waals surface area contributed by atoms with Gasteiger partial charge in [-0.25, -0.2) is 4.90 Å². The average Bonchev–Trinajstić information content (AvgIpc) is 2.77. The van der Waals surface area contributed by atoms with E-state index in [1.54, 1.807) is 24.3 Å². The van der Waals surface area contributed by atoms with Gasteiger partial charge in [-0.1, -0.05) is 18.2 Å². The summed E-state index contributed by atoms with van der Waals surface area (Å²) >= 11 is 0. The predicted octanol–water partition coefficient (Wildman–Crippen LogP) is 1.47. The minimum Gasteiger partial charge on any atom is -0.369 e. The van der Waals surface area contributed by atoms with Crippen molar-refractivity contribution in [1.82, 2.24) is 0 Å². The van der Waals surface area contributed by atoms with E-state index in [0.717, 1.165) is 12.8 Å².